The van der Waals surface area contributed by atoms with Crippen molar-refractivity contribution in [3.8, 4) is 0 Å². The summed E-state index contributed by atoms with van der Waals surface area (Å²) in [5.74, 6) is -0.393. The van der Waals surface area contributed by atoms with Gasteiger partial charge in [0.15, 0.2) is 0 Å². The molecule has 7 heteroatoms. The fourth-order valence-electron chi connectivity index (χ4n) is 1.86. The second-order valence-corrected chi connectivity index (χ2v) is 7.81. The number of benzene rings is 2. The van der Waals surface area contributed by atoms with E-state index in [9.17, 15) is 13.2 Å². The van der Waals surface area contributed by atoms with Crippen molar-refractivity contribution in [3.63, 3.8) is 0 Å². The number of rotatable bonds is 5. The topological polar surface area (TPSA) is 66.5 Å². The minimum Gasteiger partial charge on any atom is -0.325 e. The lowest BCUT2D eigenvalue weighted by molar-refractivity contribution is -0.114. The largest absolute Gasteiger partial charge is 0.325 e. The summed E-state index contributed by atoms with van der Waals surface area (Å²) in [6, 6.07) is 15.8. The molecule has 0 aliphatic carbocycles. The maximum absolute atomic E-state index is 12.1. The third kappa shape index (κ3) is 4.70. The molecule has 0 aliphatic heterocycles. The lowest BCUT2D eigenvalue weighted by Crippen LogP contribution is -2.37. The third-order valence-corrected chi connectivity index (χ3v) is 4.72. The van der Waals surface area contributed by atoms with Crippen LogP contribution in [0.3, 0.4) is 0 Å². The van der Waals surface area contributed by atoms with Crippen molar-refractivity contribution in [1.29, 1.82) is 0 Å². The molecule has 0 atom stereocenters. The highest BCUT2D eigenvalue weighted by molar-refractivity contribution is 14.1. The average molecular weight is 430 g/mol. The SMILES string of the molecule is CS(=O)(=O)N(CC(=O)Nc1ccc(I)cc1)c1ccccc1. The normalized spacial score (nSPS) is 11.0. The number of hydrogen-bond acceptors (Lipinski definition) is 3. The summed E-state index contributed by atoms with van der Waals surface area (Å²) in [6.07, 6.45) is 1.08. The standard InChI is InChI=1S/C15H15IN2O3S/c1-22(20,21)18(14-5-3-2-4-6-14)11-15(19)17-13-9-7-12(16)8-10-13/h2-10H,11H2,1H3,(H,17,19). The molecular weight excluding hydrogens is 415 g/mol. The van der Waals surface area contributed by atoms with Crippen molar-refractivity contribution < 1.29 is 13.2 Å². The van der Waals surface area contributed by atoms with Crippen LogP contribution in [0.25, 0.3) is 0 Å². The summed E-state index contributed by atoms with van der Waals surface area (Å²) in [6.45, 7) is -0.269. The van der Waals surface area contributed by atoms with Crippen molar-refractivity contribution in [1.82, 2.24) is 0 Å². The number of anilines is 2. The van der Waals surface area contributed by atoms with E-state index in [1.807, 2.05) is 12.1 Å². The Morgan fingerprint density at radius 3 is 2.23 bits per heavy atom. The van der Waals surface area contributed by atoms with E-state index in [2.05, 4.69) is 27.9 Å². The number of amides is 1. The van der Waals surface area contributed by atoms with Gasteiger partial charge in [-0.1, -0.05) is 18.2 Å². The molecule has 0 bridgehead atoms. The number of halogens is 1. The zero-order valence-corrected chi connectivity index (χ0v) is 14.8. The number of carbonyl (C=O) groups excluding carboxylic acids is 1. The van der Waals surface area contributed by atoms with Gasteiger partial charge in [0.05, 0.1) is 11.9 Å². The number of hydrogen-bond donors (Lipinski definition) is 1. The lowest BCUT2D eigenvalue weighted by atomic mass is 10.3. The molecule has 2 aromatic rings. The number of carbonyl (C=O) groups is 1. The van der Waals surface area contributed by atoms with Gasteiger partial charge in [-0.3, -0.25) is 9.10 Å². The van der Waals surface area contributed by atoms with Gasteiger partial charge in [0.25, 0.3) is 0 Å². The molecule has 22 heavy (non-hydrogen) atoms. The van der Waals surface area contributed by atoms with Crippen molar-refractivity contribution >= 4 is 49.9 Å². The van der Waals surface area contributed by atoms with Crippen molar-refractivity contribution in [2.24, 2.45) is 0 Å². The summed E-state index contributed by atoms with van der Waals surface area (Å²) in [4.78, 5) is 12.1. The first kappa shape index (κ1) is 16.8. The molecule has 0 spiro atoms. The van der Waals surface area contributed by atoms with E-state index in [1.165, 1.54) is 0 Å². The first-order valence-corrected chi connectivity index (χ1v) is 9.37. The van der Waals surface area contributed by atoms with Crippen LogP contribution < -0.4 is 9.62 Å². The van der Waals surface area contributed by atoms with Crippen LogP contribution in [0.15, 0.2) is 54.6 Å². The van der Waals surface area contributed by atoms with Gasteiger partial charge in [0.2, 0.25) is 15.9 Å². The van der Waals surface area contributed by atoms with Gasteiger partial charge in [-0.25, -0.2) is 8.42 Å². The summed E-state index contributed by atoms with van der Waals surface area (Å²) in [5.41, 5.74) is 1.09. The number of nitrogens with zero attached hydrogens (tertiary/aromatic N) is 1. The maximum Gasteiger partial charge on any atom is 0.245 e. The second kappa shape index (κ2) is 7.10. The molecule has 1 amide bonds. The highest BCUT2D eigenvalue weighted by atomic mass is 127. The third-order valence-electron chi connectivity index (χ3n) is 2.86. The predicted molar refractivity (Wildman–Crippen MR) is 96.4 cm³/mol. The number of para-hydroxylation sites is 1. The van der Waals surface area contributed by atoms with Crippen LogP contribution in [0.5, 0.6) is 0 Å². The molecule has 0 saturated carbocycles. The summed E-state index contributed by atoms with van der Waals surface area (Å²) in [7, 11) is -3.54. The minimum absolute atomic E-state index is 0.269. The Hall–Kier alpha value is -1.61. The zero-order chi connectivity index (χ0) is 16.2. The maximum atomic E-state index is 12.1. The van der Waals surface area contributed by atoms with Crippen LogP contribution in [0.2, 0.25) is 0 Å². The predicted octanol–water partition coefficient (Wildman–Crippen LogP) is 2.70. The summed E-state index contributed by atoms with van der Waals surface area (Å²) in [5, 5.41) is 2.69. The Morgan fingerprint density at radius 1 is 1.09 bits per heavy atom. The molecule has 0 aliphatic rings. The first-order valence-electron chi connectivity index (χ1n) is 6.44. The molecule has 1 N–H and O–H groups in total. The van der Waals surface area contributed by atoms with E-state index < -0.39 is 15.9 Å². The molecule has 2 rings (SSSR count). The highest BCUT2D eigenvalue weighted by Crippen LogP contribution is 2.17. The van der Waals surface area contributed by atoms with Crippen molar-refractivity contribution in [2.45, 2.75) is 0 Å². The summed E-state index contributed by atoms with van der Waals surface area (Å²) < 4.78 is 26.0. The van der Waals surface area contributed by atoms with E-state index in [4.69, 9.17) is 0 Å². The molecule has 0 heterocycles. The fourth-order valence-corrected chi connectivity index (χ4v) is 3.07. The van der Waals surface area contributed by atoms with Crippen LogP contribution in [-0.2, 0) is 14.8 Å². The molecule has 0 saturated heterocycles. The van der Waals surface area contributed by atoms with Crippen LogP contribution in [0.1, 0.15) is 0 Å². The fraction of sp³-hybridized carbons (Fsp3) is 0.133. The van der Waals surface area contributed by atoms with Crippen LogP contribution in [-0.4, -0.2) is 27.1 Å². The Morgan fingerprint density at radius 2 is 1.68 bits per heavy atom. The van der Waals surface area contributed by atoms with E-state index >= 15 is 0 Å². The van der Waals surface area contributed by atoms with Gasteiger partial charge in [-0.15, -0.1) is 0 Å². The van der Waals surface area contributed by atoms with Gasteiger partial charge in [-0.2, -0.15) is 0 Å². The van der Waals surface area contributed by atoms with Crippen LogP contribution in [0, 0.1) is 3.57 Å². The first-order chi connectivity index (χ1) is 10.4. The monoisotopic (exact) mass is 430 g/mol. The number of nitrogens with one attached hydrogen (secondary N) is 1. The van der Waals surface area contributed by atoms with Gasteiger partial charge < -0.3 is 5.32 Å². The lowest BCUT2D eigenvalue weighted by Gasteiger charge is -2.21. The van der Waals surface area contributed by atoms with Crippen molar-refractivity contribution in [3.05, 3.63) is 58.2 Å². The van der Waals surface area contributed by atoms with Gasteiger partial charge in [-0.05, 0) is 59.0 Å². The molecule has 0 fully saturated rings. The molecule has 0 unspecified atom stereocenters. The molecular formula is C15H15IN2O3S. The van der Waals surface area contributed by atoms with E-state index in [0.717, 1.165) is 14.1 Å². The molecule has 0 aromatic heterocycles. The Bertz CT molecular complexity index is 746. The smallest absolute Gasteiger partial charge is 0.245 e. The molecule has 0 radical (unpaired) electrons. The molecule has 5 nitrogen and oxygen atoms in total. The van der Waals surface area contributed by atoms with E-state index in [1.54, 1.807) is 42.5 Å². The number of sulfonamides is 1. The molecule has 2 aromatic carbocycles. The quantitative estimate of drug-likeness (QED) is 0.742. The van der Waals surface area contributed by atoms with Crippen molar-refractivity contribution in [2.75, 3.05) is 22.4 Å². The molecule has 116 valence electrons. The highest BCUT2D eigenvalue weighted by Gasteiger charge is 2.20. The van der Waals surface area contributed by atoms with Gasteiger partial charge >= 0.3 is 0 Å². The Kier molecular flexibility index (Phi) is 5.41. The van der Waals surface area contributed by atoms with Gasteiger partial charge in [0, 0.05) is 9.26 Å². The van der Waals surface area contributed by atoms with E-state index in [0.29, 0.717) is 11.4 Å². The average Bonchev–Trinajstić information content (AvgIpc) is 2.47. The van der Waals surface area contributed by atoms with Crippen LogP contribution in [0.4, 0.5) is 11.4 Å². The second-order valence-electron chi connectivity index (χ2n) is 4.66. The Labute approximate surface area is 143 Å². The summed E-state index contributed by atoms with van der Waals surface area (Å²) >= 11 is 2.17. The minimum atomic E-state index is -3.54. The van der Waals surface area contributed by atoms with Gasteiger partial charge in [0.1, 0.15) is 6.54 Å². The van der Waals surface area contributed by atoms with Crippen LogP contribution >= 0.6 is 22.6 Å². The van der Waals surface area contributed by atoms with E-state index in [-0.39, 0.29) is 6.54 Å². The zero-order valence-electron chi connectivity index (χ0n) is 11.9. The Balaban J connectivity index is 2.14.